The van der Waals surface area contributed by atoms with Crippen molar-refractivity contribution in [2.24, 2.45) is 11.7 Å². The Morgan fingerprint density at radius 3 is 2.58 bits per heavy atom. The number of nitro benzene ring substituents is 1. The zero-order chi connectivity index (χ0) is 14.6. The zero-order valence-electron chi connectivity index (χ0n) is 11.0. The third-order valence-corrected chi connectivity index (χ3v) is 3.35. The summed E-state index contributed by atoms with van der Waals surface area (Å²) < 4.78 is 0. The van der Waals surface area contributed by atoms with Gasteiger partial charge in [0.25, 0.3) is 5.69 Å². The maximum absolute atomic E-state index is 10.7. The van der Waals surface area contributed by atoms with Crippen LogP contribution in [-0.4, -0.2) is 16.1 Å². The molecule has 0 radical (unpaired) electrons. The minimum absolute atomic E-state index is 0.0779. The van der Waals surface area contributed by atoms with Crippen LogP contribution < -0.4 is 5.73 Å². The molecule has 0 aliphatic heterocycles. The summed E-state index contributed by atoms with van der Waals surface area (Å²) in [5, 5.41) is 21.1. The molecule has 0 amide bonds. The van der Waals surface area contributed by atoms with Crippen molar-refractivity contribution in [2.45, 2.75) is 38.8 Å². The van der Waals surface area contributed by atoms with Gasteiger partial charge in [-0.05, 0) is 30.4 Å². The first-order chi connectivity index (χ1) is 8.82. The predicted octanol–water partition coefficient (Wildman–Crippen LogP) is 3.05. The van der Waals surface area contributed by atoms with E-state index in [2.05, 4.69) is 13.8 Å². The summed E-state index contributed by atoms with van der Waals surface area (Å²) in [6.45, 7) is 4.11. The Hall–Kier alpha value is -1.17. The molecular formula is C13H19ClN2O3. The lowest BCUT2D eigenvalue weighted by Crippen LogP contribution is -2.26. The molecule has 6 heteroatoms. The van der Waals surface area contributed by atoms with E-state index in [9.17, 15) is 15.2 Å². The Kier molecular flexibility index (Phi) is 5.72. The molecule has 0 fully saturated rings. The van der Waals surface area contributed by atoms with Gasteiger partial charge in [0.05, 0.1) is 17.1 Å². The Morgan fingerprint density at radius 2 is 2.05 bits per heavy atom. The van der Waals surface area contributed by atoms with Crippen LogP contribution in [0.1, 0.15) is 38.3 Å². The van der Waals surface area contributed by atoms with Crippen molar-refractivity contribution in [3.05, 3.63) is 38.9 Å². The number of halogens is 1. The first kappa shape index (κ1) is 15.9. The highest BCUT2D eigenvalue weighted by Crippen LogP contribution is 2.29. The average molecular weight is 287 g/mol. The topological polar surface area (TPSA) is 89.4 Å². The lowest BCUT2D eigenvalue weighted by molar-refractivity contribution is -0.384. The molecule has 0 aliphatic carbocycles. The number of nitrogens with two attached hydrogens (primary N) is 1. The summed E-state index contributed by atoms with van der Waals surface area (Å²) in [5.41, 5.74) is 6.27. The smallest absolute Gasteiger partial charge is 0.269 e. The molecule has 0 unspecified atom stereocenters. The third-order valence-electron chi connectivity index (χ3n) is 3.00. The van der Waals surface area contributed by atoms with Gasteiger partial charge in [-0.1, -0.05) is 25.4 Å². The van der Waals surface area contributed by atoms with Gasteiger partial charge in [0.1, 0.15) is 0 Å². The maximum atomic E-state index is 10.7. The Labute approximate surface area is 117 Å². The lowest BCUT2D eigenvalue weighted by Gasteiger charge is -2.20. The van der Waals surface area contributed by atoms with Crippen LogP contribution in [0.3, 0.4) is 0 Å². The van der Waals surface area contributed by atoms with E-state index in [4.69, 9.17) is 17.3 Å². The number of rotatable bonds is 6. The van der Waals surface area contributed by atoms with Crippen LogP contribution in [0, 0.1) is 16.0 Å². The summed E-state index contributed by atoms with van der Waals surface area (Å²) in [7, 11) is 0. The van der Waals surface area contributed by atoms with Crippen LogP contribution in [0.2, 0.25) is 5.02 Å². The van der Waals surface area contributed by atoms with Gasteiger partial charge in [-0.3, -0.25) is 10.1 Å². The van der Waals surface area contributed by atoms with Crippen molar-refractivity contribution in [1.29, 1.82) is 0 Å². The Bertz CT molecular complexity index is 452. The minimum atomic E-state index is -0.762. The second kappa shape index (κ2) is 6.84. The molecule has 106 valence electrons. The number of hydrogen-bond acceptors (Lipinski definition) is 4. The minimum Gasteiger partial charge on any atom is -0.391 e. The number of benzene rings is 1. The highest BCUT2D eigenvalue weighted by Gasteiger charge is 2.21. The maximum Gasteiger partial charge on any atom is 0.269 e. The van der Waals surface area contributed by atoms with Crippen LogP contribution in [-0.2, 0) is 0 Å². The molecule has 0 spiro atoms. The van der Waals surface area contributed by atoms with Crippen molar-refractivity contribution >= 4 is 17.3 Å². The number of aliphatic hydroxyl groups is 1. The summed E-state index contributed by atoms with van der Waals surface area (Å²) in [4.78, 5) is 10.2. The highest BCUT2D eigenvalue weighted by molar-refractivity contribution is 6.31. The standard InChI is InChI=1S/C13H19ClN2O3/c1-8(2)3-6-12(17)13(15)10-7-9(16(18)19)4-5-11(10)14/h4-5,7-8,12-13,17H,3,6,15H2,1-2H3/t12-,13+/m0/s1. The van der Waals surface area contributed by atoms with E-state index in [-0.39, 0.29) is 5.69 Å². The second-order valence-electron chi connectivity index (χ2n) is 5.03. The normalized spacial score (nSPS) is 14.4. The fraction of sp³-hybridized carbons (Fsp3) is 0.538. The first-order valence-corrected chi connectivity index (χ1v) is 6.58. The number of aliphatic hydroxyl groups excluding tert-OH is 1. The van der Waals surface area contributed by atoms with E-state index in [1.807, 2.05) is 0 Å². The van der Waals surface area contributed by atoms with Gasteiger partial charge in [0.2, 0.25) is 0 Å². The molecule has 0 aromatic heterocycles. The molecule has 1 aromatic carbocycles. The summed E-state index contributed by atoms with van der Waals surface area (Å²) in [6, 6.07) is 3.36. The number of nitrogens with zero attached hydrogens (tertiary/aromatic N) is 1. The summed E-state index contributed by atoms with van der Waals surface area (Å²) in [5.74, 6) is 0.461. The van der Waals surface area contributed by atoms with Crippen LogP contribution in [0.15, 0.2) is 18.2 Å². The fourth-order valence-corrected chi connectivity index (χ4v) is 2.03. The number of nitro groups is 1. The quantitative estimate of drug-likeness (QED) is 0.621. The Morgan fingerprint density at radius 1 is 1.42 bits per heavy atom. The highest BCUT2D eigenvalue weighted by atomic mass is 35.5. The third kappa shape index (κ3) is 4.45. The van der Waals surface area contributed by atoms with E-state index >= 15 is 0 Å². The Balaban J connectivity index is 2.88. The van der Waals surface area contributed by atoms with Gasteiger partial charge in [-0.25, -0.2) is 0 Å². The van der Waals surface area contributed by atoms with Crippen LogP contribution in [0.4, 0.5) is 5.69 Å². The SMILES string of the molecule is CC(C)CC[C@H](O)[C@H](N)c1cc([N+](=O)[O-])ccc1Cl. The zero-order valence-corrected chi connectivity index (χ0v) is 11.8. The molecule has 2 atom stereocenters. The molecule has 19 heavy (non-hydrogen) atoms. The molecule has 0 saturated carbocycles. The largest absolute Gasteiger partial charge is 0.391 e. The molecule has 0 saturated heterocycles. The van der Waals surface area contributed by atoms with E-state index in [0.717, 1.165) is 6.42 Å². The van der Waals surface area contributed by atoms with Crippen molar-refractivity contribution in [3.63, 3.8) is 0 Å². The van der Waals surface area contributed by atoms with Crippen molar-refractivity contribution in [1.82, 2.24) is 0 Å². The van der Waals surface area contributed by atoms with Crippen molar-refractivity contribution in [2.75, 3.05) is 0 Å². The van der Waals surface area contributed by atoms with Crippen molar-refractivity contribution in [3.8, 4) is 0 Å². The van der Waals surface area contributed by atoms with Crippen LogP contribution in [0.25, 0.3) is 0 Å². The lowest BCUT2D eigenvalue weighted by atomic mass is 9.95. The number of hydrogen-bond donors (Lipinski definition) is 2. The van der Waals surface area contributed by atoms with Crippen LogP contribution in [0.5, 0.6) is 0 Å². The van der Waals surface area contributed by atoms with Crippen LogP contribution >= 0.6 is 11.6 Å². The molecule has 0 bridgehead atoms. The first-order valence-electron chi connectivity index (χ1n) is 6.20. The van der Waals surface area contributed by atoms with E-state index in [1.165, 1.54) is 18.2 Å². The van der Waals surface area contributed by atoms with Gasteiger partial charge in [-0.2, -0.15) is 0 Å². The second-order valence-corrected chi connectivity index (χ2v) is 5.43. The van der Waals surface area contributed by atoms with Gasteiger partial charge in [0, 0.05) is 17.2 Å². The monoisotopic (exact) mass is 286 g/mol. The van der Waals surface area contributed by atoms with Gasteiger partial charge >= 0.3 is 0 Å². The molecule has 1 aromatic rings. The molecule has 5 nitrogen and oxygen atoms in total. The molecular weight excluding hydrogens is 268 g/mol. The van der Waals surface area contributed by atoms with E-state index in [0.29, 0.717) is 22.9 Å². The molecule has 1 rings (SSSR count). The molecule has 0 heterocycles. The van der Waals surface area contributed by atoms with Gasteiger partial charge in [-0.15, -0.1) is 0 Å². The van der Waals surface area contributed by atoms with E-state index in [1.54, 1.807) is 0 Å². The van der Waals surface area contributed by atoms with E-state index < -0.39 is 17.1 Å². The molecule has 0 aliphatic rings. The summed E-state index contributed by atoms with van der Waals surface area (Å²) in [6.07, 6.45) is 0.612. The predicted molar refractivity (Wildman–Crippen MR) is 75.1 cm³/mol. The summed E-state index contributed by atoms with van der Waals surface area (Å²) >= 11 is 5.99. The fourth-order valence-electron chi connectivity index (χ4n) is 1.79. The average Bonchev–Trinajstić information content (AvgIpc) is 2.35. The molecule has 3 N–H and O–H groups in total. The van der Waals surface area contributed by atoms with Gasteiger partial charge in [0.15, 0.2) is 0 Å². The van der Waals surface area contributed by atoms with Crippen molar-refractivity contribution < 1.29 is 10.0 Å². The number of non-ortho nitro benzene ring substituents is 1. The van der Waals surface area contributed by atoms with Gasteiger partial charge < -0.3 is 10.8 Å².